The Morgan fingerprint density at radius 1 is 1.42 bits per heavy atom. The van der Waals surface area contributed by atoms with E-state index in [2.05, 4.69) is 0 Å². The average molecular weight is 181 g/mol. The van der Waals surface area contributed by atoms with Crippen LogP contribution < -0.4 is 5.73 Å². The van der Waals surface area contributed by atoms with E-state index in [1.165, 1.54) is 23.5 Å². The molecule has 0 atom stereocenters. The summed E-state index contributed by atoms with van der Waals surface area (Å²) >= 11 is 1.41. The highest BCUT2D eigenvalue weighted by molar-refractivity contribution is 7.08. The van der Waals surface area contributed by atoms with E-state index in [0.29, 0.717) is 5.56 Å². The van der Waals surface area contributed by atoms with Gasteiger partial charge in [0.15, 0.2) is 6.29 Å². The fraction of sp³-hybridized carbons (Fsp3) is 0. The Balaban J connectivity index is 2.88. The zero-order valence-electron chi connectivity index (χ0n) is 6.19. The Morgan fingerprint density at radius 3 is 2.67 bits per heavy atom. The highest BCUT2D eigenvalue weighted by atomic mass is 32.1. The lowest BCUT2D eigenvalue weighted by atomic mass is 10.2. The quantitative estimate of drug-likeness (QED) is 0.560. The molecule has 2 N–H and O–H groups in total. The fourth-order valence-corrected chi connectivity index (χ4v) is 1.49. The lowest BCUT2D eigenvalue weighted by Crippen LogP contribution is -2.05. The predicted octanol–water partition coefficient (Wildman–Crippen LogP) is 1.06. The first-order valence-corrected chi connectivity index (χ1v) is 4.17. The molecule has 4 heteroatoms. The van der Waals surface area contributed by atoms with E-state index >= 15 is 0 Å². The second-order valence-electron chi connectivity index (χ2n) is 2.14. The number of aldehydes is 1. The molecule has 0 aliphatic rings. The van der Waals surface area contributed by atoms with Crippen LogP contribution in [0.25, 0.3) is 6.08 Å². The van der Waals surface area contributed by atoms with Gasteiger partial charge in [-0.3, -0.25) is 9.59 Å². The first-order chi connectivity index (χ1) is 5.74. The van der Waals surface area contributed by atoms with Crippen molar-refractivity contribution in [2.45, 2.75) is 0 Å². The first-order valence-electron chi connectivity index (χ1n) is 3.23. The molecular weight excluding hydrogens is 174 g/mol. The van der Waals surface area contributed by atoms with Crippen molar-refractivity contribution in [3.05, 3.63) is 28.0 Å². The number of carbonyl (C=O) groups excluding carboxylic acids is 2. The van der Waals surface area contributed by atoms with E-state index in [1.54, 1.807) is 10.8 Å². The lowest BCUT2D eigenvalue weighted by molar-refractivity contribution is -0.113. The van der Waals surface area contributed by atoms with Crippen molar-refractivity contribution in [3.8, 4) is 0 Å². The van der Waals surface area contributed by atoms with Gasteiger partial charge in [-0.05, 0) is 17.0 Å². The van der Waals surface area contributed by atoms with E-state index < -0.39 is 5.91 Å². The van der Waals surface area contributed by atoms with Gasteiger partial charge in [0, 0.05) is 17.0 Å². The largest absolute Gasteiger partial charge is 0.366 e. The van der Waals surface area contributed by atoms with Crippen LogP contribution in [0.4, 0.5) is 0 Å². The van der Waals surface area contributed by atoms with Crippen molar-refractivity contribution < 1.29 is 9.59 Å². The number of amides is 1. The van der Waals surface area contributed by atoms with Crippen LogP contribution in [0.15, 0.2) is 16.8 Å². The van der Waals surface area contributed by atoms with Gasteiger partial charge in [-0.1, -0.05) is 0 Å². The molecule has 12 heavy (non-hydrogen) atoms. The number of nitrogens with two attached hydrogens (primary N) is 1. The smallest absolute Gasteiger partial charge is 0.241 e. The molecule has 1 aromatic heterocycles. The summed E-state index contributed by atoms with van der Waals surface area (Å²) < 4.78 is 0. The van der Waals surface area contributed by atoms with Gasteiger partial charge in [-0.15, -0.1) is 0 Å². The van der Waals surface area contributed by atoms with Crippen LogP contribution in [0.5, 0.6) is 0 Å². The molecule has 1 amide bonds. The Hall–Kier alpha value is -1.42. The van der Waals surface area contributed by atoms with E-state index in [4.69, 9.17) is 5.73 Å². The molecule has 3 nitrogen and oxygen atoms in total. The molecule has 0 saturated heterocycles. The van der Waals surface area contributed by atoms with Crippen LogP contribution in [-0.2, 0) is 4.79 Å². The second kappa shape index (κ2) is 3.82. The molecule has 0 aliphatic carbocycles. The van der Waals surface area contributed by atoms with Gasteiger partial charge in [-0.25, -0.2) is 0 Å². The van der Waals surface area contributed by atoms with Crippen LogP contribution in [-0.4, -0.2) is 12.2 Å². The molecule has 0 aliphatic heterocycles. The number of hydrogen-bond donors (Lipinski definition) is 1. The second-order valence-corrected chi connectivity index (χ2v) is 2.88. The summed E-state index contributed by atoms with van der Waals surface area (Å²) in [5.74, 6) is -0.516. The number of carbonyl (C=O) groups is 2. The van der Waals surface area contributed by atoms with E-state index in [0.717, 1.165) is 11.8 Å². The third kappa shape index (κ3) is 2.03. The summed E-state index contributed by atoms with van der Waals surface area (Å²) in [5.41, 5.74) is 6.20. The third-order valence-electron chi connectivity index (χ3n) is 1.28. The van der Waals surface area contributed by atoms with Gasteiger partial charge in [-0.2, -0.15) is 11.3 Å². The Kier molecular flexibility index (Phi) is 2.76. The zero-order valence-corrected chi connectivity index (χ0v) is 7.01. The molecule has 0 bridgehead atoms. The van der Waals surface area contributed by atoms with Gasteiger partial charge < -0.3 is 5.73 Å². The molecule has 1 heterocycles. The fourth-order valence-electron chi connectivity index (χ4n) is 0.720. The molecule has 0 saturated carbocycles. The maximum absolute atomic E-state index is 10.4. The lowest BCUT2D eigenvalue weighted by Gasteiger charge is -1.85. The molecular formula is C8H7NO2S. The highest BCUT2D eigenvalue weighted by Crippen LogP contribution is 2.14. The van der Waals surface area contributed by atoms with Crippen LogP contribution in [0, 0.1) is 0 Å². The van der Waals surface area contributed by atoms with Crippen LogP contribution in [0.1, 0.15) is 15.9 Å². The van der Waals surface area contributed by atoms with Crippen molar-refractivity contribution in [1.82, 2.24) is 0 Å². The minimum absolute atomic E-state index is 0.516. The maximum atomic E-state index is 10.4. The van der Waals surface area contributed by atoms with Crippen molar-refractivity contribution in [3.63, 3.8) is 0 Å². The number of hydrogen-bond acceptors (Lipinski definition) is 3. The minimum atomic E-state index is -0.516. The normalized spacial score (nSPS) is 10.3. The molecule has 1 rings (SSSR count). The standard InChI is InChI=1S/C8H7NO2S/c9-8(11)2-1-6-4-12-5-7(6)3-10/h1-5H,(H2,9,11). The van der Waals surface area contributed by atoms with Crippen LogP contribution in [0.2, 0.25) is 0 Å². The van der Waals surface area contributed by atoms with Crippen molar-refractivity contribution in [2.75, 3.05) is 0 Å². The first kappa shape index (κ1) is 8.67. The third-order valence-corrected chi connectivity index (χ3v) is 2.06. The molecule has 0 aromatic carbocycles. The van der Waals surface area contributed by atoms with Crippen molar-refractivity contribution in [2.24, 2.45) is 5.73 Å². The Morgan fingerprint density at radius 2 is 2.08 bits per heavy atom. The summed E-state index contributed by atoms with van der Waals surface area (Å²) in [6.07, 6.45) is 3.51. The van der Waals surface area contributed by atoms with E-state index in [-0.39, 0.29) is 0 Å². The molecule has 0 spiro atoms. The van der Waals surface area contributed by atoms with Crippen LogP contribution >= 0.6 is 11.3 Å². The summed E-state index contributed by atoms with van der Waals surface area (Å²) in [6.45, 7) is 0. The van der Waals surface area contributed by atoms with Crippen molar-refractivity contribution in [1.29, 1.82) is 0 Å². The summed E-state index contributed by atoms with van der Waals surface area (Å²) in [5, 5.41) is 3.50. The topological polar surface area (TPSA) is 60.2 Å². The van der Waals surface area contributed by atoms with Gasteiger partial charge >= 0.3 is 0 Å². The molecule has 1 aromatic rings. The summed E-state index contributed by atoms with van der Waals surface area (Å²) in [6, 6.07) is 0. The van der Waals surface area contributed by atoms with Gasteiger partial charge in [0.1, 0.15) is 0 Å². The zero-order chi connectivity index (χ0) is 8.97. The van der Waals surface area contributed by atoms with Gasteiger partial charge in [0.05, 0.1) is 0 Å². The Bertz CT molecular complexity index is 328. The predicted molar refractivity (Wildman–Crippen MR) is 47.9 cm³/mol. The van der Waals surface area contributed by atoms with Crippen LogP contribution in [0.3, 0.4) is 0 Å². The van der Waals surface area contributed by atoms with Gasteiger partial charge in [0.2, 0.25) is 5.91 Å². The maximum Gasteiger partial charge on any atom is 0.241 e. The molecule has 62 valence electrons. The number of primary amides is 1. The highest BCUT2D eigenvalue weighted by Gasteiger charge is 1.97. The number of thiophene rings is 1. The molecule has 0 fully saturated rings. The number of rotatable bonds is 3. The average Bonchev–Trinajstić information content (AvgIpc) is 2.47. The monoisotopic (exact) mass is 181 g/mol. The van der Waals surface area contributed by atoms with E-state index in [9.17, 15) is 9.59 Å². The minimum Gasteiger partial charge on any atom is -0.366 e. The Labute approximate surface area is 73.5 Å². The summed E-state index contributed by atoms with van der Waals surface area (Å²) in [4.78, 5) is 20.7. The molecule has 0 unspecified atom stereocenters. The van der Waals surface area contributed by atoms with E-state index in [1.807, 2.05) is 0 Å². The SMILES string of the molecule is NC(=O)C=Cc1cscc1C=O. The summed E-state index contributed by atoms with van der Waals surface area (Å²) in [7, 11) is 0. The van der Waals surface area contributed by atoms with Gasteiger partial charge in [0.25, 0.3) is 0 Å². The van der Waals surface area contributed by atoms with Crippen molar-refractivity contribution >= 4 is 29.6 Å². The molecule has 0 radical (unpaired) electrons.